The average Bonchev–Trinajstić information content (AvgIpc) is 3.39. The lowest BCUT2D eigenvalue weighted by atomic mass is 10.1. The van der Waals surface area contributed by atoms with E-state index in [1.165, 1.54) is 62.2 Å². The Balaban J connectivity index is 1.71. The summed E-state index contributed by atoms with van der Waals surface area (Å²) in [5.41, 5.74) is 2.70. The first kappa shape index (κ1) is 16.0. The average molecular weight is 408 g/mol. The van der Waals surface area contributed by atoms with Crippen LogP contribution in [-0.4, -0.2) is 4.57 Å². The summed E-state index contributed by atoms with van der Waals surface area (Å²) in [5, 5.41) is 8.24. The van der Waals surface area contributed by atoms with Crippen molar-refractivity contribution in [2.45, 2.75) is 13.5 Å². The maximum absolute atomic E-state index is 2.48. The molecule has 0 fully saturated rings. The third-order valence-electron chi connectivity index (χ3n) is 6.18. The van der Waals surface area contributed by atoms with Gasteiger partial charge in [0.2, 0.25) is 0 Å². The first-order valence-corrected chi connectivity index (χ1v) is 11.6. The van der Waals surface area contributed by atoms with Gasteiger partial charge in [0.15, 0.2) is 0 Å². The number of hydrogen-bond acceptors (Lipinski definition) is 2. The smallest absolute Gasteiger partial charge is 0.0505 e. The van der Waals surface area contributed by atoms with Crippen molar-refractivity contribution >= 4 is 84.8 Å². The molecule has 7 rings (SSSR count). The van der Waals surface area contributed by atoms with Crippen LogP contribution in [0.3, 0.4) is 0 Å². The molecular weight excluding hydrogens is 390 g/mol. The molecule has 0 unspecified atom stereocenters. The number of thiophene rings is 2. The van der Waals surface area contributed by atoms with Crippen molar-refractivity contribution in [3.63, 3.8) is 0 Å². The van der Waals surface area contributed by atoms with Crippen LogP contribution >= 0.6 is 22.7 Å². The van der Waals surface area contributed by atoms with Crippen molar-refractivity contribution in [3.8, 4) is 0 Å². The van der Waals surface area contributed by atoms with E-state index in [2.05, 4.69) is 84.3 Å². The van der Waals surface area contributed by atoms with E-state index in [4.69, 9.17) is 0 Å². The molecule has 0 radical (unpaired) electrons. The summed E-state index contributed by atoms with van der Waals surface area (Å²) in [6.45, 7) is 3.23. The predicted molar refractivity (Wildman–Crippen MR) is 131 cm³/mol. The third-order valence-corrected chi connectivity index (χ3v) is 8.45. The lowest BCUT2D eigenvalue weighted by Crippen LogP contribution is -1.92. The molecular formula is C26H17NS2. The summed E-state index contributed by atoms with van der Waals surface area (Å²) in [5.74, 6) is 0. The van der Waals surface area contributed by atoms with Gasteiger partial charge in [-0.2, -0.15) is 0 Å². The quantitative estimate of drug-likeness (QED) is 0.257. The first-order chi connectivity index (χ1) is 14.3. The molecule has 0 saturated carbocycles. The summed E-state index contributed by atoms with van der Waals surface area (Å²) < 4.78 is 7.98. The molecule has 29 heavy (non-hydrogen) atoms. The van der Waals surface area contributed by atoms with E-state index in [1.54, 1.807) is 0 Å². The molecule has 0 bridgehead atoms. The van der Waals surface area contributed by atoms with Gasteiger partial charge in [-0.05, 0) is 43.3 Å². The van der Waals surface area contributed by atoms with Gasteiger partial charge in [0.05, 0.1) is 11.0 Å². The lowest BCUT2D eigenvalue weighted by Gasteiger charge is -2.03. The molecule has 3 heteroatoms. The molecule has 3 aromatic heterocycles. The van der Waals surface area contributed by atoms with Crippen molar-refractivity contribution < 1.29 is 0 Å². The van der Waals surface area contributed by atoms with Gasteiger partial charge < -0.3 is 4.57 Å². The Kier molecular flexibility index (Phi) is 3.08. The minimum Gasteiger partial charge on any atom is -0.341 e. The van der Waals surface area contributed by atoms with E-state index >= 15 is 0 Å². The Labute approximate surface area is 175 Å². The van der Waals surface area contributed by atoms with Crippen LogP contribution in [0, 0.1) is 0 Å². The number of fused-ring (bicyclic) bond motifs is 9. The van der Waals surface area contributed by atoms with Crippen LogP contribution in [0.25, 0.3) is 62.2 Å². The fourth-order valence-electron chi connectivity index (χ4n) is 4.87. The summed E-state index contributed by atoms with van der Waals surface area (Å²) in [6.07, 6.45) is 0. The highest BCUT2D eigenvalue weighted by atomic mass is 32.1. The highest BCUT2D eigenvalue weighted by Crippen LogP contribution is 2.42. The SMILES string of the molecule is CCn1c2cc3sc4ccccc4c3cc2c2cc3c(cc21)sc1ccccc13. The van der Waals surface area contributed by atoms with Crippen LogP contribution in [0.4, 0.5) is 0 Å². The van der Waals surface area contributed by atoms with Gasteiger partial charge in [0.1, 0.15) is 0 Å². The van der Waals surface area contributed by atoms with E-state index in [1.807, 2.05) is 22.7 Å². The van der Waals surface area contributed by atoms with Crippen LogP contribution in [0.2, 0.25) is 0 Å². The fraction of sp³-hybridized carbons (Fsp3) is 0.0769. The highest BCUT2D eigenvalue weighted by molar-refractivity contribution is 7.26. The number of hydrogen-bond donors (Lipinski definition) is 0. The molecule has 0 atom stereocenters. The zero-order valence-corrected chi connectivity index (χ0v) is 17.5. The van der Waals surface area contributed by atoms with E-state index in [-0.39, 0.29) is 0 Å². The number of aryl methyl sites for hydroxylation is 1. The van der Waals surface area contributed by atoms with Gasteiger partial charge in [0, 0.05) is 57.7 Å². The van der Waals surface area contributed by atoms with Crippen LogP contribution in [-0.2, 0) is 6.54 Å². The van der Waals surface area contributed by atoms with E-state index < -0.39 is 0 Å². The van der Waals surface area contributed by atoms with Crippen molar-refractivity contribution in [3.05, 3.63) is 72.8 Å². The molecule has 0 aliphatic carbocycles. The van der Waals surface area contributed by atoms with E-state index in [0.29, 0.717) is 0 Å². The second-order valence-electron chi connectivity index (χ2n) is 7.67. The molecule has 0 saturated heterocycles. The van der Waals surface area contributed by atoms with Gasteiger partial charge in [-0.15, -0.1) is 22.7 Å². The molecule has 4 aromatic carbocycles. The largest absolute Gasteiger partial charge is 0.341 e. The number of benzene rings is 4. The molecule has 1 nitrogen and oxygen atoms in total. The number of nitrogens with zero attached hydrogens (tertiary/aromatic N) is 1. The maximum atomic E-state index is 2.48. The number of rotatable bonds is 1. The van der Waals surface area contributed by atoms with Crippen molar-refractivity contribution in [1.82, 2.24) is 4.57 Å². The van der Waals surface area contributed by atoms with Crippen LogP contribution in [0.1, 0.15) is 6.92 Å². The Hall–Kier alpha value is -2.88. The first-order valence-electron chi connectivity index (χ1n) is 10.0. The normalized spacial score (nSPS) is 12.4. The van der Waals surface area contributed by atoms with Gasteiger partial charge in [-0.1, -0.05) is 36.4 Å². The Bertz CT molecular complexity index is 1620. The molecule has 138 valence electrons. The Morgan fingerprint density at radius 1 is 0.552 bits per heavy atom. The molecule has 7 aromatic rings. The summed E-state index contributed by atoms with van der Waals surface area (Å²) in [6, 6.07) is 27.2. The summed E-state index contributed by atoms with van der Waals surface area (Å²) >= 11 is 3.80. The zero-order chi connectivity index (χ0) is 19.1. The van der Waals surface area contributed by atoms with E-state index in [9.17, 15) is 0 Å². The summed E-state index contributed by atoms with van der Waals surface area (Å²) in [7, 11) is 0. The molecule has 0 amide bonds. The Morgan fingerprint density at radius 2 is 1.03 bits per heavy atom. The summed E-state index contributed by atoms with van der Waals surface area (Å²) in [4.78, 5) is 0. The van der Waals surface area contributed by atoms with E-state index in [0.717, 1.165) is 6.54 Å². The van der Waals surface area contributed by atoms with Crippen molar-refractivity contribution in [1.29, 1.82) is 0 Å². The minimum absolute atomic E-state index is 0.979. The van der Waals surface area contributed by atoms with Gasteiger partial charge in [-0.25, -0.2) is 0 Å². The number of aromatic nitrogens is 1. The standard InChI is InChI=1S/C26H17NS2/c1-2-27-21-13-25-19(15-7-3-5-9-23(15)28-25)11-17(21)18-12-20-16-8-4-6-10-24(16)29-26(20)14-22(18)27/h3-14H,2H2,1H3. The minimum atomic E-state index is 0.979. The second-order valence-corrected chi connectivity index (χ2v) is 9.84. The van der Waals surface area contributed by atoms with Gasteiger partial charge in [-0.3, -0.25) is 0 Å². The van der Waals surface area contributed by atoms with Gasteiger partial charge >= 0.3 is 0 Å². The van der Waals surface area contributed by atoms with Crippen LogP contribution in [0.15, 0.2) is 72.8 Å². The van der Waals surface area contributed by atoms with Crippen molar-refractivity contribution in [2.75, 3.05) is 0 Å². The fourth-order valence-corrected chi connectivity index (χ4v) is 7.11. The highest BCUT2D eigenvalue weighted by Gasteiger charge is 2.16. The second kappa shape index (κ2) is 5.59. The molecule has 0 aliphatic rings. The Morgan fingerprint density at radius 3 is 1.52 bits per heavy atom. The van der Waals surface area contributed by atoms with Crippen molar-refractivity contribution in [2.24, 2.45) is 0 Å². The van der Waals surface area contributed by atoms with Crippen LogP contribution < -0.4 is 0 Å². The monoisotopic (exact) mass is 407 g/mol. The lowest BCUT2D eigenvalue weighted by molar-refractivity contribution is 0.828. The van der Waals surface area contributed by atoms with Gasteiger partial charge in [0.25, 0.3) is 0 Å². The maximum Gasteiger partial charge on any atom is 0.0505 e. The third kappa shape index (κ3) is 2.04. The predicted octanol–water partition coefficient (Wildman–Crippen LogP) is 8.55. The molecule has 0 N–H and O–H groups in total. The van der Waals surface area contributed by atoms with Crippen LogP contribution in [0.5, 0.6) is 0 Å². The molecule has 0 spiro atoms. The molecule has 0 aliphatic heterocycles. The topological polar surface area (TPSA) is 4.93 Å². The molecule has 3 heterocycles. The zero-order valence-electron chi connectivity index (χ0n) is 15.9.